The molecule has 0 saturated heterocycles. The van der Waals surface area contributed by atoms with Crippen molar-refractivity contribution in [3.63, 3.8) is 0 Å². The fourth-order valence-electron chi connectivity index (χ4n) is 1.95. The van der Waals surface area contributed by atoms with E-state index in [1.165, 1.54) is 31.7 Å². The SMILES string of the molecule is COc1ccc([O-])c(C=NCCN=Cc2cc([N+](=O)[O-])ccc2[O-])c1.[Cu+2]. The van der Waals surface area contributed by atoms with E-state index in [0.29, 0.717) is 17.9 Å². The predicted molar refractivity (Wildman–Crippen MR) is 89.9 cm³/mol. The van der Waals surface area contributed by atoms with Gasteiger partial charge in [-0.05, 0) is 23.3 Å². The molecule has 2 aromatic carbocycles. The molecule has 0 aromatic heterocycles. The number of rotatable bonds is 7. The molecule has 139 valence electrons. The summed E-state index contributed by atoms with van der Waals surface area (Å²) in [6.07, 6.45) is 2.72. The largest absolute Gasteiger partial charge is 2.00 e. The van der Waals surface area contributed by atoms with Gasteiger partial charge in [-0.25, -0.2) is 0 Å². The number of non-ortho nitro benzene ring substituents is 1. The van der Waals surface area contributed by atoms with Crippen LogP contribution in [0.1, 0.15) is 11.1 Å². The van der Waals surface area contributed by atoms with Gasteiger partial charge in [0.1, 0.15) is 5.75 Å². The minimum atomic E-state index is -0.574. The van der Waals surface area contributed by atoms with Crippen LogP contribution in [0.2, 0.25) is 0 Å². The van der Waals surface area contributed by atoms with Crippen molar-refractivity contribution in [2.75, 3.05) is 20.2 Å². The van der Waals surface area contributed by atoms with Gasteiger partial charge in [-0.1, -0.05) is 23.6 Å². The zero-order valence-corrected chi connectivity index (χ0v) is 14.7. The molecule has 0 aliphatic carbocycles. The van der Waals surface area contributed by atoms with Gasteiger partial charge in [-0.2, -0.15) is 0 Å². The molecule has 0 saturated carbocycles. The molecule has 0 N–H and O–H groups in total. The van der Waals surface area contributed by atoms with Crippen LogP contribution in [0.4, 0.5) is 5.69 Å². The van der Waals surface area contributed by atoms with Gasteiger partial charge in [0.2, 0.25) is 0 Å². The van der Waals surface area contributed by atoms with Gasteiger partial charge in [-0.15, -0.1) is 0 Å². The quantitative estimate of drug-likeness (QED) is 0.226. The van der Waals surface area contributed by atoms with E-state index < -0.39 is 4.92 Å². The fraction of sp³-hybridized carbons (Fsp3) is 0.176. The van der Waals surface area contributed by atoms with Crippen LogP contribution in [-0.4, -0.2) is 37.6 Å². The Morgan fingerprint density at radius 2 is 1.54 bits per heavy atom. The Kier molecular flexibility index (Phi) is 8.27. The minimum absolute atomic E-state index is 0. The molecule has 0 spiro atoms. The molecule has 8 nitrogen and oxygen atoms in total. The molecule has 0 aliphatic heterocycles. The van der Waals surface area contributed by atoms with Gasteiger partial charge in [-0.3, -0.25) is 20.1 Å². The predicted octanol–water partition coefficient (Wildman–Crippen LogP) is 1.29. The van der Waals surface area contributed by atoms with Crippen LogP contribution in [0.3, 0.4) is 0 Å². The zero-order chi connectivity index (χ0) is 18.2. The minimum Gasteiger partial charge on any atom is -0.872 e. The monoisotopic (exact) mass is 404 g/mol. The average Bonchev–Trinajstić information content (AvgIpc) is 2.60. The van der Waals surface area contributed by atoms with Crippen molar-refractivity contribution in [2.24, 2.45) is 9.98 Å². The molecule has 9 heteroatoms. The molecule has 0 fully saturated rings. The molecule has 0 bridgehead atoms. The Morgan fingerprint density at radius 1 is 1.00 bits per heavy atom. The summed E-state index contributed by atoms with van der Waals surface area (Å²) in [4.78, 5) is 18.2. The number of methoxy groups -OCH3 is 1. The first-order chi connectivity index (χ1) is 12.0. The van der Waals surface area contributed by atoms with Crippen LogP contribution >= 0.6 is 0 Å². The summed E-state index contributed by atoms with van der Waals surface area (Å²) in [6, 6.07) is 8.02. The number of hydrogen-bond acceptors (Lipinski definition) is 7. The first-order valence-electron chi connectivity index (χ1n) is 7.31. The van der Waals surface area contributed by atoms with Crippen molar-refractivity contribution in [2.45, 2.75) is 0 Å². The third-order valence-electron chi connectivity index (χ3n) is 3.24. The molecular weight excluding hydrogens is 390 g/mol. The number of nitrogens with zero attached hydrogens (tertiary/aromatic N) is 3. The van der Waals surface area contributed by atoms with E-state index >= 15 is 0 Å². The van der Waals surface area contributed by atoms with E-state index in [1.54, 1.807) is 12.1 Å². The van der Waals surface area contributed by atoms with Crippen LogP contribution in [0.15, 0.2) is 46.4 Å². The molecule has 1 radical (unpaired) electrons. The van der Waals surface area contributed by atoms with E-state index in [9.17, 15) is 20.3 Å². The summed E-state index contributed by atoms with van der Waals surface area (Å²) in [5.41, 5.74) is 0.386. The second-order valence-electron chi connectivity index (χ2n) is 4.95. The van der Waals surface area contributed by atoms with E-state index in [0.717, 1.165) is 12.1 Å². The van der Waals surface area contributed by atoms with Crippen molar-refractivity contribution >= 4 is 18.1 Å². The van der Waals surface area contributed by atoms with Gasteiger partial charge in [0.25, 0.3) is 5.69 Å². The molecule has 2 aromatic rings. The Balaban J connectivity index is 0.00000338. The first kappa shape index (κ1) is 21.1. The maximum absolute atomic E-state index is 11.7. The van der Waals surface area contributed by atoms with Crippen molar-refractivity contribution in [3.8, 4) is 17.2 Å². The van der Waals surface area contributed by atoms with E-state index in [2.05, 4.69) is 9.98 Å². The van der Waals surface area contributed by atoms with Gasteiger partial charge < -0.3 is 14.9 Å². The number of aliphatic imine (C=N–C) groups is 2. The molecule has 0 atom stereocenters. The third-order valence-corrected chi connectivity index (χ3v) is 3.24. The van der Waals surface area contributed by atoms with E-state index in [4.69, 9.17) is 4.74 Å². The summed E-state index contributed by atoms with van der Waals surface area (Å²) in [5, 5.41) is 34.0. The van der Waals surface area contributed by atoms with Crippen LogP contribution in [0.25, 0.3) is 0 Å². The standard InChI is InChI=1S/C17H17N3O5.Cu/c1-25-15-3-5-17(22)13(9-15)11-19-7-6-18-10-12-8-14(20(23)24)2-4-16(12)21;/h2-5,8-11,21-22H,6-7H2,1H3;/q;+2/p-2. The van der Waals surface area contributed by atoms with Gasteiger partial charge in [0, 0.05) is 24.6 Å². The summed E-state index contributed by atoms with van der Waals surface area (Å²) < 4.78 is 5.04. The Bertz CT molecular complexity index is 824. The van der Waals surface area contributed by atoms with Crippen LogP contribution in [0.5, 0.6) is 17.2 Å². The second-order valence-corrected chi connectivity index (χ2v) is 4.95. The Hall–Kier alpha value is -2.90. The Labute approximate surface area is 160 Å². The van der Waals surface area contributed by atoms with Crippen molar-refractivity contribution < 1.29 is 36.9 Å². The molecule has 26 heavy (non-hydrogen) atoms. The average molecular weight is 405 g/mol. The molecule has 0 aliphatic rings. The Morgan fingerprint density at radius 3 is 2.08 bits per heavy atom. The zero-order valence-electron chi connectivity index (χ0n) is 13.7. The smallest absolute Gasteiger partial charge is 0.872 e. The molecule has 0 unspecified atom stereocenters. The topological polar surface area (TPSA) is 123 Å². The maximum atomic E-state index is 11.7. The number of nitro benzene ring substituents is 1. The first-order valence-corrected chi connectivity index (χ1v) is 7.31. The number of ether oxygens (including phenoxy) is 1. The molecule has 0 heterocycles. The number of hydrogen-bond donors (Lipinski definition) is 0. The molecule has 2 rings (SSSR count). The number of benzene rings is 2. The maximum Gasteiger partial charge on any atom is 2.00 e. The summed E-state index contributed by atoms with van der Waals surface area (Å²) in [5.74, 6) is 0.0542. The van der Waals surface area contributed by atoms with Crippen molar-refractivity contribution in [1.29, 1.82) is 0 Å². The van der Waals surface area contributed by atoms with Gasteiger partial charge in [0.05, 0.1) is 25.1 Å². The van der Waals surface area contributed by atoms with Crippen LogP contribution < -0.4 is 14.9 Å². The van der Waals surface area contributed by atoms with E-state index in [-0.39, 0.29) is 46.4 Å². The normalized spacial score (nSPS) is 10.8. The van der Waals surface area contributed by atoms with Gasteiger partial charge >= 0.3 is 17.1 Å². The summed E-state index contributed by atoms with van der Waals surface area (Å²) in [7, 11) is 1.51. The summed E-state index contributed by atoms with van der Waals surface area (Å²) in [6.45, 7) is 0.576. The van der Waals surface area contributed by atoms with Crippen LogP contribution in [-0.2, 0) is 17.1 Å². The second kappa shape index (κ2) is 10.2. The van der Waals surface area contributed by atoms with Gasteiger partial charge in [0.15, 0.2) is 0 Å². The van der Waals surface area contributed by atoms with Crippen molar-refractivity contribution in [3.05, 3.63) is 57.6 Å². The third kappa shape index (κ3) is 5.87. The summed E-state index contributed by atoms with van der Waals surface area (Å²) >= 11 is 0. The van der Waals surface area contributed by atoms with Crippen LogP contribution in [0, 0.1) is 10.1 Å². The fourth-order valence-corrected chi connectivity index (χ4v) is 1.95. The number of nitro groups is 1. The van der Waals surface area contributed by atoms with Crippen molar-refractivity contribution in [1.82, 2.24) is 0 Å². The molecule has 0 amide bonds. The molecular formula is C17H15CuN3O5. The van der Waals surface area contributed by atoms with E-state index in [1.807, 2.05) is 0 Å².